The molecular formula is C18H22F3NO5S. The van der Waals surface area contributed by atoms with Gasteiger partial charge in [0.2, 0.25) is 0 Å². The molecule has 10 heteroatoms. The summed E-state index contributed by atoms with van der Waals surface area (Å²) in [7, 11) is -5.62. The van der Waals surface area contributed by atoms with Crippen LogP contribution in [0.5, 0.6) is 0 Å². The number of nitrogens with zero attached hydrogens (tertiary/aromatic N) is 1. The maximum absolute atomic E-state index is 12.5. The first-order valence-corrected chi connectivity index (χ1v) is 10.4. The number of cyclic esters (lactones) is 1. The molecule has 0 unspecified atom stereocenters. The number of ether oxygens (including phenoxy) is 1. The fourth-order valence-corrected chi connectivity index (χ4v) is 4.64. The molecule has 0 bridgehead atoms. The molecule has 0 spiro atoms. The largest absolute Gasteiger partial charge is 0.523 e. The number of hydrogen-bond acceptors (Lipinski definition) is 5. The topological polar surface area (TPSA) is 72.9 Å². The van der Waals surface area contributed by atoms with Crippen LogP contribution in [0.4, 0.5) is 18.0 Å². The van der Waals surface area contributed by atoms with Gasteiger partial charge < -0.3 is 4.74 Å². The summed E-state index contributed by atoms with van der Waals surface area (Å²) in [4.78, 5) is 14.2. The van der Waals surface area contributed by atoms with Gasteiger partial charge in [-0.3, -0.25) is 9.08 Å². The zero-order chi connectivity index (χ0) is 20.7. The lowest BCUT2D eigenvalue weighted by Crippen LogP contribution is -2.44. The van der Waals surface area contributed by atoms with E-state index in [0.717, 1.165) is 5.56 Å². The Kier molecular flexibility index (Phi) is 5.39. The van der Waals surface area contributed by atoms with Crippen molar-refractivity contribution in [2.75, 3.05) is 0 Å². The first-order chi connectivity index (χ1) is 12.9. The summed E-state index contributed by atoms with van der Waals surface area (Å²) in [6.07, 6.45) is -0.674. The van der Waals surface area contributed by atoms with Crippen molar-refractivity contribution >= 4 is 16.2 Å². The highest BCUT2D eigenvalue weighted by molar-refractivity contribution is 7.87. The Bertz CT molecular complexity index is 817. The van der Waals surface area contributed by atoms with Gasteiger partial charge in [0.15, 0.2) is 0 Å². The lowest BCUT2D eigenvalue weighted by molar-refractivity contribution is -0.0592. The molecule has 28 heavy (non-hydrogen) atoms. The lowest BCUT2D eigenvalue weighted by atomic mass is 9.87. The Hall–Kier alpha value is -1.81. The van der Waals surface area contributed by atoms with Crippen LogP contribution in [-0.2, 0) is 19.0 Å². The van der Waals surface area contributed by atoms with E-state index in [4.69, 9.17) is 4.74 Å². The zero-order valence-corrected chi connectivity index (χ0v) is 16.3. The van der Waals surface area contributed by atoms with Crippen LogP contribution < -0.4 is 0 Å². The smallest absolute Gasteiger partial charge is 0.441 e. The summed E-state index contributed by atoms with van der Waals surface area (Å²) in [5.74, 6) is 0. The van der Waals surface area contributed by atoms with Gasteiger partial charge in [0.25, 0.3) is 0 Å². The van der Waals surface area contributed by atoms with Crippen molar-refractivity contribution in [3.8, 4) is 0 Å². The molecule has 0 N–H and O–H groups in total. The summed E-state index contributed by atoms with van der Waals surface area (Å²) in [6, 6.07) is 8.76. The highest BCUT2D eigenvalue weighted by Gasteiger charge is 2.52. The molecule has 1 aliphatic heterocycles. The second-order valence-corrected chi connectivity index (χ2v) is 9.18. The van der Waals surface area contributed by atoms with Crippen LogP contribution in [0.15, 0.2) is 30.3 Å². The molecule has 1 aromatic rings. The van der Waals surface area contributed by atoms with E-state index in [9.17, 15) is 26.4 Å². The number of benzene rings is 1. The number of rotatable bonds is 4. The molecule has 1 amide bonds. The first-order valence-electron chi connectivity index (χ1n) is 8.98. The Morgan fingerprint density at radius 1 is 1.11 bits per heavy atom. The fourth-order valence-electron chi connectivity index (χ4n) is 3.98. The number of amides is 1. The molecule has 3 rings (SSSR count). The fraction of sp³-hybridized carbons (Fsp3) is 0.611. The van der Waals surface area contributed by atoms with E-state index in [-0.39, 0.29) is 24.9 Å². The Morgan fingerprint density at radius 3 is 2.21 bits per heavy atom. The van der Waals surface area contributed by atoms with Gasteiger partial charge in [-0.2, -0.15) is 21.6 Å². The molecule has 2 fully saturated rings. The number of alkyl halides is 3. The Morgan fingerprint density at radius 2 is 1.68 bits per heavy atom. The van der Waals surface area contributed by atoms with Gasteiger partial charge >= 0.3 is 21.7 Å². The van der Waals surface area contributed by atoms with E-state index in [0.29, 0.717) is 12.8 Å². The van der Waals surface area contributed by atoms with Gasteiger partial charge in [-0.25, -0.2) is 4.79 Å². The highest BCUT2D eigenvalue weighted by atomic mass is 32.2. The lowest BCUT2D eigenvalue weighted by Gasteiger charge is -2.38. The third-order valence-corrected chi connectivity index (χ3v) is 6.29. The van der Waals surface area contributed by atoms with Gasteiger partial charge in [-0.1, -0.05) is 30.3 Å². The number of carbonyl (C=O) groups is 1. The van der Waals surface area contributed by atoms with Gasteiger partial charge in [0.1, 0.15) is 5.60 Å². The quantitative estimate of drug-likeness (QED) is 0.540. The SMILES string of the molecule is CC1(C)OC(=O)N(C2CCC(OS(=O)(=O)C(F)(F)F)CC2)[C@H]1c1ccccc1. The second-order valence-electron chi connectivity index (χ2n) is 7.62. The standard InChI is InChI=1S/C18H22F3NO5S/c1-17(2)15(12-6-4-3-5-7-12)22(16(23)26-17)13-8-10-14(11-9-13)27-28(24,25)18(19,20)21/h3-7,13-15H,8-11H2,1-2H3/t13?,14?,15-/m0/s1. The summed E-state index contributed by atoms with van der Waals surface area (Å²) < 4.78 is 69.8. The van der Waals surface area contributed by atoms with Crippen LogP contribution in [0.2, 0.25) is 0 Å². The summed E-state index contributed by atoms with van der Waals surface area (Å²) >= 11 is 0. The summed E-state index contributed by atoms with van der Waals surface area (Å²) in [6.45, 7) is 3.63. The second kappa shape index (κ2) is 7.22. The molecule has 1 heterocycles. The van der Waals surface area contributed by atoms with Crippen LogP contribution in [0.3, 0.4) is 0 Å². The monoisotopic (exact) mass is 421 g/mol. The molecule has 0 aromatic heterocycles. The van der Waals surface area contributed by atoms with E-state index < -0.39 is 33.4 Å². The first kappa shape index (κ1) is 20.9. The van der Waals surface area contributed by atoms with Crippen LogP contribution >= 0.6 is 0 Å². The molecule has 1 aromatic carbocycles. The summed E-state index contributed by atoms with van der Waals surface area (Å²) in [5, 5.41) is 0. The van der Waals surface area contributed by atoms with Gasteiger partial charge in [-0.05, 0) is 45.1 Å². The normalized spacial score (nSPS) is 28.2. The molecule has 2 aliphatic rings. The number of hydrogen-bond donors (Lipinski definition) is 0. The van der Waals surface area contributed by atoms with Crippen molar-refractivity contribution in [2.24, 2.45) is 0 Å². The minimum atomic E-state index is -5.62. The molecule has 1 aliphatic carbocycles. The van der Waals surface area contributed by atoms with E-state index in [1.807, 2.05) is 44.2 Å². The predicted molar refractivity (Wildman–Crippen MR) is 93.7 cm³/mol. The van der Waals surface area contributed by atoms with E-state index in [2.05, 4.69) is 4.18 Å². The van der Waals surface area contributed by atoms with Crippen LogP contribution in [-0.4, -0.2) is 42.7 Å². The van der Waals surface area contributed by atoms with Crippen molar-refractivity contribution in [1.82, 2.24) is 4.90 Å². The molecule has 0 radical (unpaired) electrons. The maximum Gasteiger partial charge on any atom is 0.523 e. The zero-order valence-electron chi connectivity index (χ0n) is 15.5. The van der Waals surface area contributed by atoms with Gasteiger partial charge in [-0.15, -0.1) is 0 Å². The minimum Gasteiger partial charge on any atom is -0.441 e. The van der Waals surface area contributed by atoms with Crippen LogP contribution in [0.1, 0.15) is 51.1 Å². The Balaban J connectivity index is 1.73. The van der Waals surface area contributed by atoms with Gasteiger partial charge in [0.05, 0.1) is 12.1 Å². The molecule has 6 nitrogen and oxygen atoms in total. The van der Waals surface area contributed by atoms with E-state index in [1.165, 1.54) is 0 Å². The van der Waals surface area contributed by atoms with Crippen molar-refractivity contribution in [3.63, 3.8) is 0 Å². The van der Waals surface area contributed by atoms with Crippen molar-refractivity contribution < 1.29 is 35.3 Å². The average molecular weight is 421 g/mol. The highest BCUT2D eigenvalue weighted by Crippen LogP contribution is 2.44. The predicted octanol–water partition coefficient (Wildman–Crippen LogP) is 4.14. The van der Waals surface area contributed by atoms with Crippen LogP contribution in [0, 0.1) is 0 Å². The average Bonchev–Trinajstić information content (AvgIpc) is 2.83. The molecule has 1 saturated carbocycles. The van der Waals surface area contributed by atoms with E-state index in [1.54, 1.807) is 4.90 Å². The number of halogens is 3. The molecule has 156 valence electrons. The van der Waals surface area contributed by atoms with Crippen molar-refractivity contribution in [3.05, 3.63) is 35.9 Å². The molecule has 1 atom stereocenters. The third-order valence-electron chi connectivity index (χ3n) is 5.20. The van der Waals surface area contributed by atoms with Gasteiger partial charge in [0, 0.05) is 6.04 Å². The van der Waals surface area contributed by atoms with Crippen molar-refractivity contribution in [1.29, 1.82) is 0 Å². The third kappa shape index (κ3) is 3.98. The molecular weight excluding hydrogens is 399 g/mol. The van der Waals surface area contributed by atoms with Crippen molar-refractivity contribution in [2.45, 2.75) is 68.8 Å². The Labute approximate surface area is 161 Å². The summed E-state index contributed by atoms with van der Waals surface area (Å²) in [5.41, 5.74) is -5.31. The van der Waals surface area contributed by atoms with E-state index >= 15 is 0 Å². The molecule has 1 saturated heterocycles. The number of carbonyl (C=O) groups excluding carboxylic acids is 1. The minimum absolute atomic E-state index is 0.103. The van der Waals surface area contributed by atoms with Crippen LogP contribution in [0.25, 0.3) is 0 Å². The maximum atomic E-state index is 12.5.